The molecule has 1 N–H and O–H groups in total. The molecule has 4 rings (SSSR count). The van der Waals surface area contributed by atoms with Gasteiger partial charge in [0.2, 0.25) is 5.91 Å². The number of halogens is 1. The van der Waals surface area contributed by atoms with Crippen molar-refractivity contribution in [1.29, 1.82) is 0 Å². The van der Waals surface area contributed by atoms with E-state index >= 15 is 0 Å². The summed E-state index contributed by atoms with van der Waals surface area (Å²) in [5.41, 5.74) is -2.25. The Morgan fingerprint density at radius 3 is 2.36 bits per heavy atom. The number of benzene rings is 2. The van der Waals surface area contributed by atoms with Crippen LogP contribution < -0.4 is 5.32 Å². The van der Waals surface area contributed by atoms with Crippen molar-refractivity contribution in [2.75, 3.05) is 5.32 Å². The first-order valence-corrected chi connectivity index (χ1v) is 11.5. The van der Waals surface area contributed by atoms with Crippen molar-refractivity contribution in [3.63, 3.8) is 0 Å². The number of hydrogen-bond acceptors (Lipinski definition) is 8. The van der Waals surface area contributed by atoms with Gasteiger partial charge in [-0.2, -0.15) is 0 Å². The number of carbonyl (C=O) groups is 2. The lowest BCUT2D eigenvalue weighted by Crippen LogP contribution is -2.43. The second kappa shape index (κ2) is 8.66. The first-order valence-electron chi connectivity index (χ1n) is 11.1. The van der Waals surface area contributed by atoms with Crippen molar-refractivity contribution < 1.29 is 24.3 Å². The summed E-state index contributed by atoms with van der Waals surface area (Å²) in [5, 5.41) is 29.2. The number of nitrogens with zero attached hydrogens (tertiary/aromatic N) is 3. The molecule has 2 aliphatic carbocycles. The highest BCUT2D eigenvalue weighted by molar-refractivity contribution is 6.32. The predicted octanol–water partition coefficient (Wildman–Crippen LogP) is 5.52. The van der Waals surface area contributed by atoms with Crippen LogP contribution in [0.2, 0.25) is 5.02 Å². The number of nitrogens with one attached hydrogen (secondary N) is 1. The van der Waals surface area contributed by atoms with Gasteiger partial charge >= 0.3 is 5.97 Å². The highest BCUT2D eigenvalue weighted by Crippen LogP contribution is 2.71. The van der Waals surface area contributed by atoms with E-state index in [2.05, 4.69) is 10.5 Å². The predicted molar refractivity (Wildman–Crippen MR) is 131 cm³/mol. The van der Waals surface area contributed by atoms with E-state index in [9.17, 15) is 29.8 Å². The molecule has 2 aliphatic rings. The number of amides is 1. The zero-order valence-corrected chi connectivity index (χ0v) is 20.5. The van der Waals surface area contributed by atoms with E-state index in [0.717, 1.165) is 6.07 Å². The van der Waals surface area contributed by atoms with Crippen molar-refractivity contribution >= 4 is 46.3 Å². The van der Waals surface area contributed by atoms with Gasteiger partial charge in [-0.25, -0.2) is 4.79 Å². The van der Waals surface area contributed by atoms with Gasteiger partial charge in [-0.3, -0.25) is 25.0 Å². The zero-order chi connectivity index (χ0) is 26.5. The van der Waals surface area contributed by atoms with Crippen LogP contribution >= 0.6 is 11.6 Å². The smallest absolute Gasteiger partial charge is 0.320 e. The molecule has 0 radical (unpaired) electrons. The van der Waals surface area contributed by atoms with Gasteiger partial charge in [-0.15, -0.1) is 0 Å². The SMILES string of the molecule is CC12CCC(C(=O)Nc3ccccc3[N+](=O)[O-])(C/C1=N\OC(=O)c1ccc(Cl)c([N+](=O)[O-])c1)C2(C)C. The van der Waals surface area contributed by atoms with Gasteiger partial charge in [0.1, 0.15) is 10.7 Å². The molecule has 11 nitrogen and oxygen atoms in total. The quantitative estimate of drug-likeness (QED) is 0.302. The Bertz CT molecular complexity index is 1340. The van der Waals surface area contributed by atoms with Crippen LogP contribution in [-0.2, 0) is 9.63 Å². The number of nitro benzene ring substituents is 2. The largest absolute Gasteiger partial charge is 0.365 e. The summed E-state index contributed by atoms with van der Waals surface area (Å²) in [6.45, 7) is 5.82. The van der Waals surface area contributed by atoms with Crippen LogP contribution in [0.3, 0.4) is 0 Å². The monoisotopic (exact) mass is 514 g/mol. The van der Waals surface area contributed by atoms with Crippen LogP contribution in [0.1, 0.15) is 50.4 Å². The van der Waals surface area contributed by atoms with E-state index in [0.29, 0.717) is 18.6 Å². The minimum atomic E-state index is -0.935. The number of oxime groups is 1. The van der Waals surface area contributed by atoms with Crippen molar-refractivity contribution in [3.8, 4) is 0 Å². The molecule has 1 amide bonds. The van der Waals surface area contributed by atoms with E-state index in [-0.39, 0.29) is 34.3 Å². The van der Waals surface area contributed by atoms with Crippen LogP contribution in [-0.4, -0.2) is 27.4 Å². The molecular formula is C24H23ClN4O7. The molecule has 12 heteroatoms. The molecule has 0 aliphatic heterocycles. The molecule has 0 saturated heterocycles. The number of carbonyl (C=O) groups excluding carboxylic acids is 2. The number of anilines is 1. The lowest BCUT2D eigenvalue weighted by atomic mass is 9.64. The zero-order valence-electron chi connectivity index (χ0n) is 19.7. The number of fused-ring (bicyclic) bond motifs is 2. The van der Waals surface area contributed by atoms with E-state index in [1.54, 1.807) is 6.07 Å². The van der Waals surface area contributed by atoms with Crippen LogP contribution in [0.5, 0.6) is 0 Å². The summed E-state index contributed by atoms with van der Waals surface area (Å²) in [6.07, 6.45) is 1.31. The Labute approximate surface area is 210 Å². The van der Waals surface area contributed by atoms with Gasteiger partial charge in [0, 0.05) is 24.0 Å². The van der Waals surface area contributed by atoms with Gasteiger partial charge < -0.3 is 10.2 Å². The summed E-state index contributed by atoms with van der Waals surface area (Å²) >= 11 is 5.80. The van der Waals surface area contributed by atoms with E-state index in [4.69, 9.17) is 16.4 Å². The maximum Gasteiger partial charge on any atom is 0.365 e. The van der Waals surface area contributed by atoms with Crippen LogP contribution in [0.4, 0.5) is 17.1 Å². The molecule has 188 valence electrons. The van der Waals surface area contributed by atoms with Crippen molar-refractivity contribution in [1.82, 2.24) is 0 Å². The van der Waals surface area contributed by atoms with Gasteiger partial charge in [-0.1, -0.05) is 49.7 Å². The average molecular weight is 515 g/mol. The van der Waals surface area contributed by atoms with Crippen LogP contribution in [0, 0.1) is 36.5 Å². The van der Waals surface area contributed by atoms with Gasteiger partial charge in [0.05, 0.1) is 26.5 Å². The third-order valence-electron chi connectivity index (χ3n) is 8.13. The normalized spacial score (nSPS) is 24.9. The molecule has 2 saturated carbocycles. The molecule has 2 unspecified atom stereocenters. The Morgan fingerprint density at radius 2 is 1.69 bits per heavy atom. The maximum absolute atomic E-state index is 13.6. The molecule has 2 aromatic carbocycles. The van der Waals surface area contributed by atoms with E-state index < -0.39 is 37.7 Å². The van der Waals surface area contributed by atoms with Gasteiger partial charge in [-0.05, 0) is 36.5 Å². The fourth-order valence-electron chi connectivity index (χ4n) is 5.43. The lowest BCUT2D eigenvalue weighted by Gasteiger charge is -2.39. The Balaban J connectivity index is 1.61. The molecule has 0 aromatic heterocycles. The number of nitro groups is 2. The molecule has 36 heavy (non-hydrogen) atoms. The van der Waals surface area contributed by atoms with Crippen molar-refractivity contribution in [2.24, 2.45) is 21.4 Å². The van der Waals surface area contributed by atoms with Gasteiger partial charge in [0.25, 0.3) is 11.4 Å². The van der Waals surface area contributed by atoms with Crippen LogP contribution in [0.25, 0.3) is 0 Å². The summed E-state index contributed by atoms with van der Waals surface area (Å²) in [7, 11) is 0. The fraction of sp³-hybridized carbons (Fsp3) is 0.375. The third-order valence-corrected chi connectivity index (χ3v) is 8.45. The minimum absolute atomic E-state index is 0.0909. The Morgan fingerprint density at radius 1 is 1.03 bits per heavy atom. The summed E-state index contributed by atoms with van der Waals surface area (Å²) in [4.78, 5) is 52.6. The summed E-state index contributed by atoms with van der Waals surface area (Å²) in [5.74, 6) is -1.26. The minimum Gasteiger partial charge on any atom is -0.320 e. The van der Waals surface area contributed by atoms with Gasteiger partial charge in [0.15, 0.2) is 0 Å². The lowest BCUT2D eigenvalue weighted by molar-refractivity contribution is -0.384. The average Bonchev–Trinajstić information content (AvgIpc) is 3.13. The molecule has 2 atom stereocenters. The van der Waals surface area contributed by atoms with E-state index in [1.165, 1.54) is 30.3 Å². The number of para-hydroxylation sites is 2. The Hall–Kier alpha value is -3.86. The third kappa shape index (κ3) is 3.70. The van der Waals surface area contributed by atoms with Crippen molar-refractivity contribution in [2.45, 2.75) is 40.0 Å². The molecule has 0 spiro atoms. The fourth-order valence-corrected chi connectivity index (χ4v) is 5.62. The molecule has 2 aromatic rings. The second-order valence-corrected chi connectivity index (χ2v) is 10.2. The molecular weight excluding hydrogens is 492 g/mol. The van der Waals surface area contributed by atoms with Crippen LogP contribution in [0.15, 0.2) is 47.6 Å². The van der Waals surface area contributed by atoms with Crippen molar-refractivity contribution in [3.05, 3.63) is 73.3 Å². The molecule has 0 heterocycles. The maximum atomic E-state index is 13.6. The standard InChI is InChI=1S/C24H23ClN4O7/c1-22(2)23(3)10-11-24(22,21(31)26-16-6-4-5-7-17(16)28(32)33)13-19(23)27-36-20(30)14-8-9-15(25)18(12-14)29(34)35/h4-9,12H,10-11,13H2,1-3H3,(H,26,31)/b27-19+. The topological polar surface area (TPSA) is 154 Å². The van der Waals surface area contributed by atoms with E-state index in [1.807, 2.05) is 20.8 Å². The summed E-state index contributed by atoms with van der Waals surface area (Å²) in [6, 6.07) is 9.46. The first kappa shape index (κ1) is 25.2. The Kier molecular flexibility index (Phi) is 6.07. The summed E-state index contributed by atoms with van der Waals surface area (Å²) < 4.78 is 0. The highest BCUT2D eigenvalue weighted by Gasteiger charge is 2.71. The molecule has 2 fully saturated rings. The number of hydrogen-bond donors (Lipinski definition) is 1. The first-order chi connectivity index (χ1) is 16.8. The second-order valence-electron chi connectivity index (χ2n) is 9.78. The molecule has 2 bridgehead atoms. The number of rotatable bonds is 6. The highest BCUT2D eigenvalue weighted by atomic mass is 35.5.